The Kier molecular flexibility index (Phi) is 5.08. The van der Waals surface area contributed by atoms with E-state index in [2.05, 4.69) is 0 Å². The number of aliphatic hydroxyl groups excluding tert-OH is 1. The number of nitrogens with two attached hydrogens (primary N) is 1. The summed E-state index contributed by atoms with van der Waals surface area (Å²) < 4.78 is 10.4. The summed E-state index contributed by atoms with van der Waals surface area (Å²) in [4.78, 5) is 0. The van der Waals surface area contributed by atoms with Crippen LogP contribution in [0.2, 0.25) is 0 Å². The van der Waals surface area contributed by atoms with Gasteiger partial charge in [0.25, 0.3) is 0 Å². The molecular formula is C12H20NO3+. The Hall–Kier alpha value is -1.26. The van der Waals surface area contributed by atoms with Gasteiger partial charge in [-0.2, -0.15) is 0 Å². The zero-order valence-corrected chi connectivity index (χ0v) is 10.1. The van der Waals surface area contributed by atoms with Gasteiger partial charge >= 0.3 is 0 Å². The second-order valence-corrected chi connectivity index (χ2v) is 3.76. The molecule has 0 unspecified atom stereocenters. The van der Waals surface area contributed by atoms with E-state index < -0.39 is 0 Å². The van der Waals surface area contributed by atoms with Gasteiger partial charge in [-0.1, -0.05) is 0 Å². The largest absolute Gasteiger partial charge is 0.497 e. The Labute approximate surface area is 96.2 Å². The predicted molar refractivity (Wildman–Crippen MR) is 61.7 cm³/mol. The van der Waals surface area contributed by atoms with Crippen LogP contribution in [0.25, 0.3) is 0 Å². The van der Waals surface area contributed by atoms with Crippen LogP contribution < -0.4 is 14.8 Å². The van der Waals surface area contributed by atoms with E-state index >= 15 is 0 Å². The summed E-state index contributed by atoms with van der Waals surface area (Å²) in [7, 11) is 3.30. The highest BCUT2D eigenvalue weighted by atomic mass is 16.5. The monoisotopic (exact) mass is 226 g/mol. The minimum absolute atomic E-state index is 0.295. The van der Waals surface area contributed by atoms with Crippen LogP contribution in [-0.2, 0) is 6.54 Å². The van der Waals surface area contributed by atoms with E-state index in [0.29, 0.717) is 6.54 Å². The first-order valence-electron chi connectivity index (χ1n) is 5.38. The fourth-order valence-corrected chi connectivity index (χ4v) is 1.52. The third kappa shape index (κ3) is 3.72. The molecule has 0 aromatic heterocycles. The van der Waals surface area contributed by atoms with Gasteiger partial charge in [-0.25, -0.2) is 0 Å². The molecular weight excluding hydrogens is 206 g/mol. The van der Waals surface area contributed by atoms with Gasteiger partial charge in [0.1, 0.15) is 24.6 Å². The molecule has 1 aromatic carbocycles. The van der Waals surface area contributed by atoms with Gasteiger partial charge in [-0.3, -0.25) is 0 Å². The second-order valence-electron chi connectivity index (χ2n) is 3.76. The fraction of sp³-hybridized carbons (Fsp3) is 0.500. The van der Waals surface area contributed by atoms with Crippen molar-refractivity contribution in [1.82, 2.24) is 0 Å². The van der Waals surface area contributed by atoms with Crippen molar-refractivity contribution in [2.45, 2.75) is 19.6 Å². The Morgan fingerprint density at radius 3 is 2.62 bits per heavy atom. The maximum absolute atomic E-state index is 9.17. The van der Waals surface area contributed by atoms with E-state index in [1.54, 1.807) is 21.1 Å². The molecule has 0 aliphatic rings. The molecule has 0 saturated heterocycles. The molecule has 0 spiro atoms. The van der Waals surface area contributed by atoms with Gasteiger partial charge in [-0.05, 0) is 25.1 Å². The molecule has 1 aromatic rings. The standard InChI is InChI=1S/C12H19NO3/c1-9(14)7-13-8-10-6-11(15-2)4-5-12(10)16-3/h4-6,9,13-14H,7-8H2,1-3H3/p+1/t9-/m1/s1. The van der Waals surface area contributed by atoms with Crippen molar-refractivity contribution >= 4 is 0 Å². The van der Waals surface area contributed by atoms with Crippen molar-refractivity contribution in [3.05, 3.63) is 23.8 Å². The molecule has 90 valence electrons. The van der Waals surface area contributed by atoms with E-state index in [4.69, 9.17) is 9.47 Å². The molecule has 0 amide bonds. The lowest BCUT2D eigenvalue weighted by molar-refractivity contribution is -0.676. The molecule has 0 radical (unpaired) electrons. The number of quaternary nitrogens is 1. The van der Waals surface area contributed by atoms with Crippen molar-refractivity contribution < 1.29 is 19.9 Å². The maximum atomic E-state index is 9.17. The molecule has 1 rings (SSSR count). The summed E-state index contributed by atoms with van der Waals surface area (Å²) in [5.41, 5.74) is 1.07. The van der Waals surface area contributed by atoms with Gasteiger partial charge < -0.3 is 19.9 Å². The van der Waals surface area contributed by atoms with Crippen LogP contribution in [0.15, 0.2) is 18.2 Å². The number of rotatable bonds is 6. The Balaban J connectivity index is 2.67. The zero-order valence-electron chi connectivity index (χ0n) is 10.1. The van der Waals surface area contributed by atoms with Gasteiger partial charge in [0.2, 0.25) is 0 Å². The minimum atomic E-state index is -0.295. The first kappa shape index (κ1) is 12.8. The van der Waals surface area contributed by atoms with E-state index in [1.165, 1.54) is 0 Å². The lowest BCUT2D eigenvalue weighted by Gasteiger charge is -2.10. The minimum Gasteiger partial charge on any atom is -0.497 e. The van der Waals surface area contributed by atoms with Gasteiger partial charge in [0, 0.05) is 0 Å². The van der Waals surface area contributed by atoms with Crippen LogP contribution in [-0.4, -0.2) is 32.0 Å². The number of ether oxygens (including phenoxy) is 2. The number of hydrogen-bond donors (Lipinski definition) is 2. The second kappa shape index (κ2) is 6.35. The van der Waals surface area contributed by atoms with Crippen molar-refractivity contribution in [1.29, 1.82) is 0 Å². The fourth-order valence-electron chi connectivity index (χ4n) is 1.52. The van der Waals surface area contributed by atoms with Crippen LogP contribution in [0.4, 0.5) is 0 Å². The van der Waals surface area contributed by atoms with E-state index in [0.717, 1.165) is 23.6 Å². The van der Waals surface area contributed by atoms with Crippen LogP contribution >= 0.6 is 0 Å². The van der Waals surface area contributed by atoms with E-state index in [1.807, 2.05) is 23.5 Å². The van der Waals surface area contributed by atoms with Gasteiger partial charge in [0.05, 0.1) is 25.9 Å². The summed E-state index contributed by atoms with van der Waals surface area (Å²) in [5, 5.41) is 11.2. The van der Waals surface area contributed by atoms with Crippen molar-refractivity contribution in [2.75, 3.05) is 20.8 Å². The molecule has 4 heteroatoms. The molecule has 0 fully saturated rings. The predicted octanol–water partition coefficient (Wildman–Crippen LogP) is 0.148. The molecule has 1 atom stereocenters. The highest BCUT2D eigenvalue weighted by Gasteiger charge is 2.07. The summed E-state index contributed by atoms with van der Waals surface area (Å²) in [6, 6.07) is 5.72. The topological polar surface area (TPSA) is 55.3 Å². The average Bonchev–Trinajstić information content (AvgIpc) is 2.28. The molecule has 3 N–H and O–H groups in total. The van der Waals surface area contributed by atoms with Gasteiger partial charge in [0.15, 0.2) is 0 Å². The third-order valence-corrected chi connectivity index (χ3v) is 2.36. The van der Waals surface area contributed by atoms with Crippen LogP contribution in [0.5, 0.6) is 11.5 Å². The zero-order chi connectivity index (χ0) is 12.0. The van der Waals surface area contributed by atoms with Gasteiger partial charge in [-0.15, -0.1) is 0 Å². The van der Waals surface area contributed by atoms with Crippen molar-refractivity contribution in [2.24, 2.45) is 0 Å². The summed E-state index contributed by atoms with van der Waals surface area (Å²) in [6.45, 7) is 3.23. The SMILES string of the molecule is COc1ccc(OC)c(C[NH2+]C[C@@H](C)O)c1. The highest BCUT2D eigenvalue weighted by molar-refractivity contribution is 5.39. The quantitative estimate of drug-likeness (QED) is 0.726. The molecule has 16 heavy (non-hydrogen) atoms. The number of methoxy groups -OCH3 is 2. The maximum Gasteiger partial charge on any atom is 0.127 e. The molecule has 0 aliphatic carbocycles. The first-order valence-corrected chi connectivity index (χ1v) is 5.38. The Morgan fingerprint density at radius 1 is 1.31 bits per heavy atom. The number of benzene rings is 1. The highest BCUT2D eigenvalue weighted by Crippen LogP contribution is 2.22. The first-order chi connectivity index (χ1) is 7.67. The average molecular weight is 226 g/mol. The van der Waals surface area contributed by atoms with Crippen molar-refractivity contribution in [3.63, 3.8) is 0 Å². The summed E-state index contributed by atoms with van der Waals surface area (Å²) in [6.07, 6.45) is -0.295. The molecule has 0 saturated carbocycles. The third-order valence-electron chi connectivity index (χ3n) is 2.36. The lowest BCUT2D eigenvalue weighted by Crippen LogP contribution is -2.84. The van der Waals surface area contributed by atoms with E-state index in [9.17, 15) is 5.11 Å². The van der Waals surface area contributed by atoms with Crippen molar-refractivity contribution in [3.8, 4) is 11.5 Å². The molecule has 4 nitrogen and oxygen atoms in total. The Bertz CT molecular complexity index is 326. The van der Waals surface area contributed by atoms with E-state index in [-0.39, 0.29) is 6.10 Å². The Morgan fingerprint density at radius 2 is 2.06 bits per heavy atom. The summed E-state index contributed by atoms with van der Waals surface area (Å²) in [5.74, 6) is 1.67. The number of hydrogen-bond acceptors (Lipinski definition) is 3. The number of aliphatic hydroxyl groups is 1. The van der Waals surface area contributed by atoms with Crippen LogP contribution in [0, 0.1) is 0 Å². The van der Waals surface area contributed by atoms with Crippen LogP contribution in [0.1, 0.15) is 12.5 Å². The lowest BCUT2D eigenvalue weighted by atomic mass is 10.2. The normalized spacial score (nSPS) is 12.2. The summed E-state index contributed by atoms with van der Waals surface area (Å²) >= 11 is 0. The smallest absolute Gasteiger partial charge is 0.127 e. The molecule has 0 heterocycles. The molecule has 0 aliphatic heterocycles. The van der Waals surface area contributed by atoms with Crippen LogP contribution in [0.3, 0.4) is 0 Å². The molecule has 0 bridgehead atoms.